The zero-order valence-corrected chi connectivity index (χ0v) is 7.22. The molecule has 0 amide bonds. The van der Waals surface area contributed by atoms with Gasteiger partial charge in [-0.1, -0.05) is 0 Å². The molecule has 11 heavy (non-hydrogen) atoms. The van der Waals surface area contributed by atoms with Gasteiger partial charge in [0.2, 0.25) is 0 Å². The van der Waals surface area contributed by atoms with Crippen LogP contribution in [0.5, 0.6) is 0 Å². The molecule has 0 saturated carbocycles. The number of ether oxygens (including phenoxy) is 2. The van der Waals surface area contributed by atoms with Crippen LogP contribution in [0.3, 0.4) is 0 Å². The standard InChI is InChI=1S/C7H15NO3/c1-7(2,10-3)5-11-6(9)4-8/h4-5,8H2,1-3H3. The predicted molar refractivity (Wildman–Crippen MR) is 41.1 cm³/mol. The second kappa shape index (κ2) is 4.31. The van der Waals surface area contributed by atoms with Gasteiger partial charge < -0.3 is 15.2 Å². The lowest BCUT2D eigenvalue weighted by atomic mass is 10.1. The zero-order chi connectivity index (χ0) is 8.91. The van der Waals surface area contributed by atoms with E-state index >= 15 is 0 Å². The Kier molecular flexibility index (Phi) is 4.07. The Hall–Kier alpha value is -0.610. The lowest BCUT2D eigenvalue weighted by molar-refractivity contribution is -0.149. The van der Waals surface area contributed by atoms with E-state index in [0.717, 1.165) is 0 Å². The molecule has 0 fully saturated rings. The minimum absolute atomic E-state index is 0.0835. The van der Waals surface area contributed by atoms with Crippen molar-refractivity contribution in [3.8, 4) is 0 Å². The SMILES string of the molecule is COC(C)(C)COC(=O)CN. The van der Waals surface area contributed by atoms with E-state index in [2.05, 4.69) is 0 Å². The second-order valence-corrected chi connectivity index (χ2v) is 2.83. The molecule has 4 nitrogen and oxygen atoms in total. The molecule has 0 saturated heterocycles. The number of carbonyl (C=O) groups is 1. The summed E-state index contributed by atoms with van der Waals surface area (Å²) in [5.41, 5.74) is 4.60. The van der Waals surface area contributed by atoms with Crippen molar-refractivity contribution in [2.45, 2.75) is 19.4 Å². The van der Waals surface area contributed by atoms with Crippen LogP contribution in [0.15, 0.2) is 0 Å². The van der Waals surface area contributed by atoms with Crippen LogP contribution in [0.2, 0.25) is 0 Å². The number of esters is 1. The van der Waals surface area contributed by atoms with Crippen LogP contribution in [-0.4, -0.2) is 31.8 Å². The molecule has 0 aliphatic heterocycles. The van der Waals surface area contributed by atoms with Crippen molar-refractivity contribution in [2.75, 3.05) is 20.3 Å². The maximum Gasteiger partial charge on any atom is 0.319 e. The number of hydrogen-bond donors (Lipinski definition) is 1. The van der Waals surface area contributed by atoms with Crippen LogP contribution in [0.25, 0.3) is 0 Å². The van der Waals surface area contributed by atoms with Crippen molar-refractivity contribution >= 4 is 5.97 Å². The van der Waals surface area contributed by atoms with E-state index in [9.17, 15) is 4.79 Å². The summed E-state index contributed by atoms with van der Waals surface area (Å²) in [6.45, 7) is 3.81. The Morgan fingerprint density at radius 3 is 2.45 bits per heavy atom. The summed E-state index contributed by atoms with van der Waals surface area (Å²) >= 11 is 0. The van der Waals surface area contributed by atoms with E-state index in [1.165, 1.54) is 0 Å². The average molecular weight is 161 g/mol. The minimum Gasteiger partial charge on any atom is -0.462 e. The van der Waals surface area contributed by atoms with E-state index in [1.807, 2.05) is 13.8 Å². The third-order valence-electron chi connectivity index (χ3n) is 1.30. The molecule has 0 rings (SSSR count). The van der Waals surface area contributed by atoms with E-state index in [1.54, 1.807) is 7.11 Å². The van der Waals surface area contributed by atoms with Gasteiger partial charge in [0.1, 0.15) is 6.61 Å². The van der Waals surface area contributed by atoms with Gasteiger partial charge in [-0.2, -0.15) is 0 Å². The summed E-state index contributed by atoms with van der Waals surface area (Å²) in [6, 6.07) is 0. The first-order chi connectivity index (χ1) is 5.02. The predicted octanol–water partition coefficient (Wildman–Crippen LogP) is -0.0867. The quantitative estimate of drug-likeness (QED) is 0.585. The number of rotatable bonds is 4. The first-order valence-corrected chi connectivity index (χ1v) is 3.42. The minimum atomic E-state index is -0.426. The highest BCUT2D eigenvalue weighted by atomic mass is 16.6. The molecule has 0 aliphatic rings. The van der Waals surface area contributed by atoms with Crippen molar-refractivity contribution in [2.24, 2.45) is 5.73 Å². The molecule has 0 aromatic carbocycles. The Morgan fingerprint density at radius 1 is 1.55 bits per heavy atom. The number of methoxy groups -OCH3 is 1. The molecule has 0 radical (unpaired) electrons. The number of carbonyl (C=O) groups excluding carboxylic acids is 1. The second-order valence-electron chi connectivity index (χ2n) is 2.83. The zero-order valence-electron chi connectivity index (χ0n) is 7.22. The molecular formula is C7H15NO3. The van der Waals surface area contributed by atoms with Gasteiger partial charge in [-0.25, -0.2) is 0 Å². The fourth-order valence-corrected chi connectivity index (χ4v) is 0.372. The van der Waals surface area contributed by atoms with Crippen LogP contribution in [0.1, 0.15) is 13.8 Å². The maximum absolute atomic E-state index is 10.6. The molecule has 0 atom stereocenters. The molecule has 0 aromatic rings. The van der Waals surface area contributed by atoms with Crippen LogP contribution < -0.4 is 5.73 Å². The lowest BCUT2D eigenvalue weighted by Crippen LogP contribution is -2.32. The summed E-state index contributed by atoms with van der Waals surface area (Å²) in [4.78, 5) is 10.6. The Balaban J connectivity index is 3.61. The van der Waals surface area contributed by atoms with Gasteiger partial charge in [0.15, 0.2) is 0 Å². The highest BCUT2D eigenvalue weighted by Crippen LogP contribution is 2.06. The first kappa shape index (κ1) is 10.4. The van der Waals surface area contributed by atoms with Gasteiger partial charge in [0.25, 0.3) is 0 Å². The summed E-state index contributed by atoms with van der Waals surface area (Å²) in [7, 11) is 1.57. The first-order valence-electron chi connectivity index (χ1n) is 3.42. The number of hydrogen-bond acceptors (Lipinski definition) is 4. The highest BCUT2D eigenvalue weighted by Gasteiger charge is 2.18. The van der Waals surface area contributed by atoms with E-state index in [4.69, 9.17) is 15.2 Å². The van der Waals surface area contributed by atoms with Gasteiger partial charge in [-0.15, -0.1) is 0 Å². The Labute approximate surface area is 66.7 Å². The van der Waals surface area contributed by atoms with Gasteiger partial charge in [0.05, 0.1) is 12.1 Å². The fourth-order valence-electron chi connectivity index (χ4n) is 0.372. The van der Waals surface area contributed by atoms with Gasteiger partial charge in [-0.05, 0) is 13.8 Å². The maximum atomic E-state index is 10.6. The molecule has 0 aromatic heterocycles. The van der Waals surface area contributed by atoms with Crippen molar-refractivity contribution in [3.63, 3.8) is 0 Å². The van der Waals surface area contributed by atoms with Crippen LogP contribution in [0, 0.1) is 0 Å². The third-order valence-corrected chi connectivity index (χ3v) is 1.30. The topological polar surface area (TPSA) is 61.5 Å². The molecule has 0 aliphatic carbocycles. The summed E-state index contributed by atoms with van der Waals surface area (Å²) in [5, 5.41) is 0. The molecule has 0 spiro atoms. The highest BCUT2D eigenvalue weighted by molar-refractivity contribution is 5.71. The van der Waals surface area contributed by atoms with Crippen LogP contribution in [0.4, 0.5) is 0 Å². The summed E-state index contributed by atoms with van der Waals surface area (Å²) < 4.78 is 9.77. The molecule has 4 heteroatoms. The van der Waals surface area contributed by atoms with Crippen molar-refractivity contribution < 1.29 is 14.3 Å². The smallest absolute Gasteiger partial charge is 0.319 e. The normalized spacial score (nSPS) is 11.3. The van der Waals surface area contributed by atoms with Gasteiger partial charge in [-0.3, -0.25) is 4.79 Å². The lowest BCUT2D eigenvalue weighted by Gasteiger charge is -2.21. The van der Waals surface area contributed by atoms with E-state index in [-0.39, 0.29) is 13.2 Å². The molecule has 0 unspecified atom stereocenters. The molecule has 0 bridgehead atoms. The van der Waals surface area contributed by atoms with E-state index < -0.39 is 11.6 Å². The van der Waals surface area contributed by atoms with Gasteiger partial charge >= 0.3 is 5.97 Å². The Morgan fingerprint density at radius 2 is 2.09 bits per heavy atom. The van der Waals surface area contributed by atoms with Crippen LogP contribution >= 0.6 is 0 Å². The Bertz CT molecular complexity index is 134. The molecule has 66 valence electrons. The van der Waals surface area contributed by atoms with Gasteiger partial charge in [0, 0.05) is 7.11 Å². The van der Waals surface area contributed by atoms with Crippen molar-refractivity contribution in [1.82, 2.24) is 0 Å². The molecule has 2 N–H and O–H groups in total. The molecule has 0 heterocycles. The largest absolute Gasteiger partial charge is 0.462 e. The summed E-state index contributed by atoms with van der Waals surface area (Å²) in [6.07, 6.45) is 0. The third kappa shape index (κ3) is 4.75. The number of nitrogens with two attached hydrogens (primary N) is 1. The monoisotopic (exact) mass is 161 g/mol. The van der Waals surface area contributed by atoms with Crippen molar-refractivity contribution in [3.05, 3.63) is 0 Å². The average Bonchev–Trinajstić information content (AvgIpc) is 2.00. The van der Waals surface area contributed by atoms with Crippen molar-refractivity contribution in [1.29, 1.82) is 0 Å². The van der Waals surface area contributed by atoms with Crippen LogP contribution in [-0.2, 0) is 14.3 Å². The summed E-state index contributed by atoms with van der Waals surface area (Å²) in [5.74, 6) is -0.407. The fraction of sp³-hybridized carbons (Fsp3) is 0.857. The molecular weight excluding hydrogens is 146 g/mol. The van der Waals surface area contributed by atoms with E-state index in [0.29, 0.717) is 0 Å².